The first kappa shape index (κ1) is 9.83. The third kappa shape index (κ3) is 2.21. The number of anilines is 1. The van der Waals surface area contributed by atoms with Crippen LogP contribution in [0.1, 0.15) is 22.8 Å². The van der Waals surface area contributed by atoms with Gasteiger partial charge in [0.15, 0.2) is 5.82 Å². The number of nitrogens with one attached hydrogen (secondary N) is 1. The highest BCUT2D eigenvalue weighted by Gasteiger charge is 2.05. The molecule has 0 aromatic carbocycles. The molecular formula is C11H14N2O2. The van der Waals surface area contributed by atoms with Gasteiger partial charge >= 0.3 is 0 Å². The molecule has 0 atom stereocenters. The van der Waals surface area contributed by atoms with Crippen LogP contribution in [0.3, 0.4) is 0 Å². The predicted octanol–water partition coefficient (Wildman–Crippen LogP) is 2.80. The molecule has 0 aliphatic heterocycles. The van der Waals surface area contributed by atoms with E-state index in [4.69, 9.17) is 8.94 Å². The van der Waals surface area contributed by atoms with Crippen molar-refractivity contribution >= 4 is 5.82 Å². The van der Waals surface area contributed by atoms with E-state index in [1.807, 2.05) is 32.9 Å². The summed E-state index contributed by atoms with van der Waals surface area (Å²) in [5.74, 6) is 3.43. The number of nitrogens with zero attached hydrogens (tertiary/aromatic N) is 1. The normalized spacial score (nSPS) is 10.6. The summed E-state index contributed by atoms with van der Waals surface area (Å²) in [5.41, 5.74) is 1.15. The fourth-order valence-corrected chi connectivity index (χ4v) is 1.49. The van der Waals surface area contributed by atoms with E-state index in [9.17, 15) is 0 Å². The molecule has 0 amide bonds. The summed E-state index contributed by atoms with van der Waals surface area (Å²) in [6, 6.07) is 3.89. The number of aryl methyl sites for hydroxylation is 3. The van der Waals surface area contributed by atoms with Crippen molar-refractivity contribution in [3.05, 3.63) is 35.0 Å². The van der Waals surface area contributed by atoms with Gasteiger partial charge in [0.05, 0.1) is 0 Å². The maximum Gasteiger partial charge on any atom is 0.169 e. The van der Waals surface area contributed by atoms with E-state index in [-0.39, 0.29) is 0 Å². The lowest BCUT2D eigenvalue weighted by Crippen LogP contribution is -1.99. The second-order valence-corrected chi connectivity index (χ2v) is 3.61. The summed E-state index contributed by atoms with van der Waals surface area (Å²) < 4.78 is 10.4. The molecule has 2 heterocycles. The topological polar surface area (TPSA) is 51.2 Å². The molecule has 0 aliphatic rings. The first-order valence-electron chi connectivity index (χ1n) is 4.88. The van der Waals surface area contributed by atoms with E-state index in [2.05, 4.69) is 10.5 Å². The fourth-order valence-electron chi connectivity index (χ4n) is 1.49. The Hall–Kier alpha value is -1.71. The fraction of sp³-hybridized carbons (Fsp3) is 0.364. The minimum atomic E-state index is 0.704. The van der Waals surface area contributed by atoms with Gasteiger partial charge in [0.25, 0.3) is 0 Å². The summed E-state index contributed by atoms with van der Waals surface area (Å²) in [6.45, 7) is 6.47. The molecule has 0 saturated heterocycles. The third-order valence-electron chi connectivity index (χ3n) is 2.23. The molecule has 0 saturated carbocycles. The average Bonchev–Trinajstić information content (AvgIpc) is 2.70. The van der Waals surface area contributed by atoms with Crippen molar-refractivity contribution in [2.45, 2.75) is 27.3 Å². The van der Waals surface area contributed by atoms with Gasteiger partial charge in [-0.2, -0.15) is 0 Å². The molecular weight excluding hydrogens is 192 g/mol. The van der Waals surface area contributed by atoms with Crippen LogP contribution < -0.4 is 5.32 Å². The Labute approximate surface area is 88.3 Å². The van der Waals surface area contributed by atoms with E-state index in [0.29, 0.717) is 6.54 Å². The summed E-state index contributed by atoms with van der Waals surface area (Å²) in [6.07, 6.45) is 0. The van der Waals surface area contributed by atoms with Crippen LogP contribution in [-0.4, -0.2) is 5.16 Å². The van der Waals surface area contributed by atoms with Crippen LogP contribution in [0, 0.1) is 20.8 Å². The van der Waals surface area contributed by atoms with Gasteiger partial charge in [-0.25, -0.2) is 0 Å². The molecule has 0 aliphatic carbocycles. The van der Waals surface area contributed by atoms with Crippen LogP contribution >= 0.6 is 0 Å². The van der Waals surface area contributed by atoms with Gasteiger partial charge in [0, 0.05) is 18.2 Å². The Balaban J connectivity index is 2.01. The van der Waals surface area contributed by atoms with Gasteiger partial charge in [-0.15, -0.1) is 0 Å². The smallest absolute Gasteiger partial charge is 0.169 e. The molecule has 1 N–H and O–H groups in total. The van der Waals surface area contributed by atoms with Crippen LogP contribution in [-0.2, 0) is 6.54 Å². The van der Waals surface area contributed by atoms with Crippen molar-refractivity contribution in [1.82, 2.24) is 5.16 Å². The van der Waals surface area contributed by atoms with Gasteiger partial charge in [0.2, 0.25) is 0 Å². The summed E-state index contributed by atoms with van der Waals surface area (Å²) in [5, 5.41) is 7.02. The van der Waals surface area contributed by atoms with Crippen LogP contribution in [0.5, 0.6) is 0 Å². The molecule has 15 heavy (non-hydrogen) atoms. The molecule has 0 unspecified atom stereocenters. The van der Waals surface area contributed by atoms with Gasteiger partial charge < -0.3 is 14.3 Å². The zero-order valence-corrected chi connectivity index (χ0v) is 9.13. The maximum absolute atomic E-state index is 5.42. The largest absolute Gasteiger partial charge is 0.466 e. The Kier molecular flexibility index (Phi) is 2.49. The molecule has 4 heteroatoms. The molecule has 0 spiro atoms. The Morgan fingerprint density at radius 3 is 2.53 bits per heavy atom. The molecule has 2 rings (SSSR count). The molecule has 0 bridgehead atoms. The molecule has 0 radical (unpaired) electrons. The summed E-state index contributed by atoms with van der Waals surface area (Å²) in [4.78, 5) is 0. The maximum atomic E-state index is 5.42. The van der Waals surface area contributed by atoms with Gasteiger partial charge in [-0.3, -0.25) is 0 Å². The highest BCUT2D eigenvalue weighted by atomic mass is 16.5. The van der Waals surface area contributed by atoms with Crippen molar-refractivity contribution < 1.29 is 8.94 Å². The standard InChI is InChI=1S/C11H14N2O2/c1-7-4-10(9(3)14-7)6-12-11-5-8(2)15-13-11/h4-5H,6H2,1-3H3,(H,12,13). The SMILES string of the molecule is Cc1cc(NCc2cc(C)oc2C)no1. The van der Waals surface area contributed by atoms with Crippen LogP contribution in [0.2, 0.25) is 0 Å². The van der Waals surface area contributed by atoms with Crippen LogP contribution in [0.15, 0.2) is 21.1 Å². The number of hydrogen-bond acceptors (Lipinski definition) is 4. The molecule has 80 valence electrons. The van der Waals surface area contributed by atoms with Crippen LogP contribution in [0.25, 0.3) is 0 Å². The van der Waals surface area contributed by atoms with Crippen LogP contribution in [0.4, 0.5) is 5.82 Å². The van der Waals surface area contributed by atoms with E-state index >= 15 is 0 Å². The van der Waals surface area contributed by atoms with Gasteiger partial charge in [-0.1, -0.05) is 5.16 Å². The minimum absolute atomic E-state index is 0.704. The average molecular weight is 206 g/mol. The zero-order chi connectivity index (χ0) is 10.8. The van der Waals surface area contributed by atoms with E-state index in [1.165, 1.54) is 0 Å². The van der Waals surface area contributed by atoms with E-state index < -0.39 is 0 Å². The van der Waals surface area contributed by atoms with Crippen molar-refractivity contribution in [3.63, 3.8) is 0 Å². The molecule has 2 aromatic heterocycles. The quantitative estimate of drug-likeness (QED) is 0.838. The van der Waals surface area contributed by atoms with E-state index in [1.54, 1.807) is 0 Å². The Morgan fingerprint density at radius 1 is 1.20 bits per heavy atom. The molecule has 2 aromatic rings. The minimum Gasteiger partial charge on any atom is -0.466 e. The number of furan rings is 1. The first-order chi connectivity index (χ1) is 7.15. The molecule has 0 fully saturated rings. The van der Waals surface area contributed by atoms with Crippen molar-refractivity contribution in [3.8, 4) is 0 Å². The Morgan fingerprint density at radius 2 is 2.00 bits per heavy atom. The lowest BCUT2D eigenvalue weighted by atomic mass is 10.2. The molecule has 4 nitrogen and oxygen atoms in total. The van der Waals surface area contributed by atoms with Gasteiger partial charge in [-0.05, 0) is 26.8 Å². The second kappa shape index (κ2) is 3.81. The lowest BCUT2D eigenvalue weighted by Gasteiger charge is -1.99. The highest BCUT2D eigenvalue weighted by molar-refractivity contribution is 5.35. The predicted molar refractivity (Wildman–Crippen MR) is 56.7 cm³/mol. The van der Waals surface area contributed by atoms with E-state index in [0.717, 1.165) is 28.7 Å². The second-order valence-electron chi connectivity index (χ2n) is 3.61. The zero-order valence-electron chi connectivity index (χ0n) is 9.13. The number of aromatic nitrogens is 1. The highest BCUT2D eigenvalue weighted by Crippen LogP contribution is 2.15. The first-order valence-corrected chi connectivity index (χ1v) is 4.88. The number of hydrogen-bond donors (Lipinski definition) is 1. The summed E-state index contributed by atoms with van der Waals surface area (Å²) >= 11 is 0. The summed E-state index contributed by atoms with van der Waals surface area (Å²) in [7, 11) is 0. The van der Waals surface area contributed by atoms with Crippen molar-refractivity contribution in [2.24, 2.45) is 0 Å². The Bertz CT molecular complexity index is 457. The van der Waals surface area contributed by atoms with Crippen molar-refractivity contribution in [1.29, 1.82) is 0 Å². The lowest BCUT2D eigenvalue weighted by molar-refractivity contribution is 0.399. The van der Waals surface area contributed by atoms with Gasteiger partial charge in [0.1, 0.15) is 17.3 Å². The third-order valence-corrected chi connectivity index (χ3v) is 2.23. The monoisotopic (exact) mass is 206 g/mol. The van der Waals surface area contributed by atoms with Crippen molar-refractivity contribution in [2.75, 3.05) is 5.32 Å². The number of rotatable bonds is 3.